The summed E-state index contributed by atoms with van der Waals surface area (Å²) in [6.07, 6.45) is 11.0. The van der Waals surface area contributed by atoms with Crippen molar-refractivity contribution in [3.05, 3.63) is 94.5 Å². The number of benzene rings is 2. The number of ether oxygens (including phenoxy) is 3. The van der Waals surface area contributed by atoms with E-state index in [2.05, 4.69) is 36.9 Å². The Morgan fingerprint density at radius 2 is 1.37 bits per heavy atom. The molecule has 3 aliphatic rings. The minimum absolute atomic E-state index is 0.0162. The molecule has 1 saturated heterocycles. The number of ketones is 2. The van der Waals surface area contributed by atoms with Crippen LogP contribution in [0.1, 0.15) is 167 Å². The van der Waals surface area contributed by atoms with Crippen molar-refractivity contribution < 1.29 is 67.0 Å². The van der Waals surface area contributed by atoms with Gasteiger partial charge in [0.25, 0.3) is 0 Å². The second-order valence-corrected chi connectivity index (χ2v) is 28.5. The molecular weight excluding hydrogens is 1290 g/mol. The maximum Gasteiger partial charge on any atom is 0.410 e. The van der Waals surface area contributed by atoms with Crippen LogP contribution in [0.25, 0.3) is 0 Å². The van der Waals surface area contributed by atoms with Gasteiger partial charge in [-0.3, -0.25) is 48.1 Å². The molecule has 26 heteroatoms. The molecule has 0 bridgehead atoms. The number of urea groups is 1. The Kier molecular flexibility index (Phi) is 32.0. The summed E-state index contributed by atoms with van der Waals surface area (Å²) in [5.41, 5.74) is 7.20. The number of hydrogen-bond acceptors (Lipinski definition) is 16. The smallest absolute Gasteiger partial charge is 0.410 e. The number of primary amides is 1. The van der Waals surface area contributed by atoms with Gasteiger partial charge in [0.2, 0.25) is 41.4 Å². The number of rotatable bonds is 38. The van der Waals surface area contributed by atoms with E-state index in [1.165, 1.54) is 35.4 Å². The number of nitrogens with zero attached hydrogens (tertiary/aromatic N) is 4. The Morgan fingerprint density at radius 3 is 1.98 bits per heavy atom. The fourth-order valence-corrected chi connectivity index (χ4v) is 14.5. The van der Waals surface area contributed by atoms with Crippen LogP contribution < -0.4 is 37.6 Å². The molecule has 2 aromatic carbocycles. The van der Waals surface area contributed by atoms with Crippen LogP contribution in [0.4, 0.5) is 15.3 Å². The Balaban J connectivity index is 1.05. The van der Waals surface area contributed by atoms with Crippen molar-refractivity contribution in [2.75, 3.05) is 46.7 Å². The summed E-state index contributed by atoms with van der Waals surface area (Å²) in [6.45, 7) is 13.0. The summed E-state index contributed by atoms with van der Waals surface area (Å²) in [6, 6.07) is 10.1. The summed E-state index contributed by atoms with van der Waals surface area (Å²) < 4.78 is 18.1. The number of methoxy groups -OCH3 is 2. The van der Waals surface area contributed by atoms with Crippen molar-refractivity contribution in [3.63, 3.8) is 0 Å². The molecule has 25 nitrogen and oxygen atoms in total. The second-order valence-electron chi connectivity index (χ2n) is 27.6. The van der Waals surface area contributed by atoms with Crippen LogP contribution in [-0.4, -0.2) is 175 Å². The molecule has 10 atom stereocenters. The van der Waals surface area contributed by atoms with Crippen molar-refractivity contribution >= 4 is 82.1 Å². The SMILES string of the molecule is CO[C@H]([C@@H](C)C(=O)N[C@@H](Cc1ccccc1)c1nccs1)[C@@H]1CCCN1C(=O)C[C@@H](OC)[C@H](C1CCCCC1)N(C)C(=O)[C@@H](NC(=O)[C@H](C(C)C)N(C)C(=O)OCc1ccc(NC(=O)C(CCCNC(N)=O)NC(=O)[C@@H](NC(=O)CCCCCC2C(=O)C=CC2=O)C(C)C)cc1)C(C)C. The zero-order chi connectivity index (χ0) is 72.5. The third-order valence-corrected chi connectivity index (χ3v) is 20.2. The molecular formula is C73H107N11O14S. The maximum absolute atomic E-state index is 15.1. The number of allylic oxidation sites excluding steroid dienone is 2. The fraction of sp³-hybridized carbons (Fsp3) is 0.616. The van der Waals surface area contributed by atoms with Gasteiger partial charge in [-0.1, -0.05) is 123 Å². The molecule has 2 fully saturated rings. The third kappa shape index (κ3) is 23.5. The molecule has 0 spiro atoms. The van der Waals surface area contributed by atoms with Gasteiger partial charge in [0, 0.05) is 65.1 Å². The molecule has 2 heterocycles. The minimum atomic E-state index is -1.11. The number of unbranched alkanes of at least 4 members (excludes halogenated alkanes) is 2. The van der Waals surface area contributed by atoms with Crippen LogP contribution in [0.2, 0.25) is 0 Å². The highest BCUT2D eigenvalue weighted by Crippen LogP contribution is 2.35. The van der Waals surface area contributed by atoms with E-state index in [1.807, 2.05) is 61.4 Å². The van der Waals surface area contributed by atoms with Gasteiger partial charge in [-0.2, -0.15) is 0 Å². The number of amides is 10. The van der Waals surface area contributed by atoms with Gasteiger partial charge in [-0.05, 0) is 117 Å². The Morgan fingerprint density at radius 1 is 0.697 bits per heavy atom. The highest BCUT2D eigenvalue weighted by molar-refractivity contribution is 7.09. The molecule has 3 aromatic rings. The van der Waals surface area contributed by atoms with E-state index in [0.717, 1.165) is 42.7 Å². The van der Waals surface area contributed by atoms with Crippen LogP contribution >= 0.6 is 11.3 Å². The number of aromatic nitrogens is 1. The Labute approximate surface area is 587 Å². The largest absolute Gasteiger partial charge is 0.445 e. The molecule has 8 N–H and O–H groups in total. The van der Waals surface area contributed by atoms with E-state index < -0.39 is 102 Å². The molecule has 1 saturated carbocycles. The lowest BCUT2D eigenvalue weighted by atomic mass is 9.80. The first-order valence-electron chi connectivity index (χ1n) is 35.1. The number of anilines is 1. The Bertz CT molecular complexity index is 3180. The molecule has 1 unspecified atom stereocenters. The average Bonchev–Trinajstić information content (AvgIpc) is 1.76. The maximum atomic E-state index is 15.1. The number of likely N-dealkylation sites (N-methyl/N-ethyl adjacent to an activating group) is 2. The van der Waals surface area contributed by atoms with E-state index in [9.17, 15) is 47.9 Å². The third-order valence-electron chi connectivity index (χ3n) is 19.3. The molecule has 1 aliphatic heterocycles. The summed E-state index contributed by atoms with van der Waals surface area (Å²) >= 11 is 1.48. The standard InChI is InChI=1S/C73H107N11O14S/c1-44(2)61(80-59(87)30-20-14-19-27-52-56(85)35-36-57(52)86)68(91)78-53(28-21-37-76-72(74)94)67(90)77-51-33-31-49(32-34-51)43-98-73(95)83(9)63(46(5)6)69(92)81-62(45(3)4)71(93)82(8)64(50-25-17-13-18-26-50)58(96-10)42-60(88)84-39-22-29-55(84)65(97-11)47(7)66(89)79-54(70-75-38-40-99-70)41-48-23-15-12-16-24-48/h12,15-16,23-24,31-36,38,40,44-47,50,52-55,58,61-65H,13-14,17-22,25-30,37,39,41-43H2,1-11H3,(H,77,90)(H,78,91)(H,79,89)(H,80,87)(H,81,92)(H3,74,76,94)/t47-,53?,54+,55+,58-,61+,62+,63+,64+,65-/m1/s1. The number of carbonyl (C=O) groups excluding carboxylic acids is 11. The number of hydrogen-bond donors (Lipinski definition) is 7. The summed E-state index contributed by atoms with van der Waals surface area (Å²) in [5, 5.41) is 19.8. The number of carbonyl (C=O) groups is 11. The van der Waals surface area contributed by atoms with Crippen molar-refractivity contribution in [1.29, 1.82) is 0 Å². The fourth-order valence-electron chi connectivity index (χ4n) is 13.8. The summed E-state index contributed by atoms with van der Waals surface area (Å²) in [7, 11) is 6.29. The first kappa shape index (κ1) is 79.9. The molecule has 2 aliphatic carbocycles. The van der Waals surface area contributed by atoms with Crippen molar-refractivity contribution in [2.24, 2.45) is 41.2 Å². The lowest BCUT2D eigenvalue weighted by Crippen LogP contribution is -2.60. The Hall–Kier alpha value is -8.10. The number of thiazole rings is 1. The summed E-state index contributed by atoms with van der Waals surface area (Å²) in [5.74, 6) is -5.79. The van der Waals surface area contributed by atoms with Gasteiger partial charge in [-0.25, -0.2) is 14.6 Å². The monoisotopic (exact) mass is 1390 g/mol. The topological polar surface area (TPSA) is 336 Å². The molecule has 6 rings (SSSR count). The zero-order valence-corrected chi connectivity index (χ0v) is 60.4. The predicted molar refractivity (Wildman–Crippen MR) is 376 cm³/mol. The van der Waals surface area contributed by atoms with E-state index >= 15 is 4.79 Å². The number of nitrogens with one attached hydrogen (secondary N) is 6. The average molecular weight is 1390 g/mol. The highest BCUT2D eigenvalue weighted by Gasteiger charge is 2.45. The van der Waals surface area contributed by atoms with Gasteiger partial charge in [0.15, 0.2) is 11.6 Å². The minimum Gasteiger partial charge on any atom is -0.445 e. The molecule has 0 radical (unpaired) electrons. The lowest BCUT2D eigenvalue weighted by molar-refractivity contribution is -0.148. The van der Waals surface area contributed by atoms with Gasteiger partial charge in [0.05, 0.1) is 48.6 Å². The van der Waals surface area contributed by atoms with Crippen LogP contribution in [0, 0.1) is 35.5 Å². The van der Waals surface area contributed by atoms with E-state index in [0.29, 0.717) is 62.7 Å². The van der Waals surface area contributed by atoms with Crippen molar-refractivity contribution in [1.82, 2.24) is 46.3 Å². The van der Waals surface area contributed by atoms with E-state index in [-0.39, 0.29) is 91.9 Å². The van der Waals surface area contributed by atoms with Gasteiger partial charge in [-0.15, -0.1) is 11.3 Å². The molecule has 1 aromatic heterocycles. The highest BCUT2D eigenvalue weighted by atomic mass is 32.1. The zero-order valence-electron chi connectivity index (χ0n) is 59.6. The van der Waals surface area contributed by atoms with Crippen LogP contribution in [0.3, 0.4) is 0 Å². The van der Waals surface area contributed by atoms with Gasteiger partial charge >= 0.3 is 12.1 Å². The van der Waals surface area contributed by atoms with Gasteiger partial charge < -0.3 is 61.6 Å². The first-order valence-corrected chi connectivity index (χ1v) is 36.0. The first-order chi connectivity index (χ1) is 47.2. The number of nitrogens with two attached hydrogens (primary N) is 1. The predicted octanol–water partition coefficient (Wildman–Crippen LogP) is 7.72. The summed E-state index contributed by atoms with van der Waals surface area (Å²) in [4.78, 5) is 158. The van der Waals surface area contributed by atoms with Crippen LogP contribution in [-0.2, 0) is 70.4 Å². The second kappa shape index (κ2) is 39.6. The molecule has 544 valence electrons. The van der Waals surface area contributed by atoms with Crippen LogP contribution in [0.15, 0.2) is 78.3 Å². The van der Waals surface area contributed by atoms with Crippen molar-refractivity contribution in [2.45, 2.75) is 212 Å². The molecule has 99 heavy (non-hydrogen) atoms. The quantitative estimate of drug-likeness (QED) is 0.0213. The molecule has 10 amide bonds. The van der Waals surface area contributed by atoms with E-state index in [1.54, 1.807) is 84.3 Å². The van der Waals surface area contributed by atoms with Crippen molar-refractivity contribution in [3.8, 4) is 0 Å². The normalized spacial score (nSPS) is 17.8. The number of likely N-dealkylation sites (tertiary alicyclic amines) is 1. The lowest BCUT2D eigenvalue weighted by Gasteiger charge is -2.43. The van der Waals surface area contributed by atoms with E-state index in [4.69, 9.17) is 19.9 Å². The van der Waals surface area contributed by atoms with Crippen LogP contribution in [0.5, 0.6) is 0 Å². The van der Waals surface area contributed by atoms with Gasteiger partial charge in [0.1, 0.15) is 35.8 Å².